The van der Waals surface area contributed by atoms with Gasteiger partial charge in [0, 0.05) is 65.8 Å². The molecule has 0 amide bonds. The third kappa shape index (κ3) is 32.5. The van der Waals surface area contributed by atoms with Crippen LogP contribution in [0.1, 0.15) is 23.6 Å². The minimum absolute atomic E-state index is 0. The molecule has 0 aromatic heterocycles. The topological polar surface area (TPSA) is 332 Å². The number of benzene rings is 3. The van der Waals surface area contributed by atoms with E-state index in [2.05, 4.69) is 75.4 Å². The molecule has 327 valence electrons. The van der Waals surface area contributed by atoms with E-state index >= 15 is 0 Å². The minimum atomic E-state index is -4.94. The van der Waals surface area contributed by atoms with Crippen molar-refractivity contribution in [2.45, 2.75) is 26.6 Å². The van der Waals surface area contributed by atoms with Crippen molar-refractivity contribution in [2.24, 2.45) is 5.34 Å². The van der Waals surface area contributed by atoms with Gasteiger partial charge in [-0.15, -0.1) is 25.8 Å². The molecular weight excluding hydrogens is 861 g/mol. The van der Waals surface area contributed by atoms with Crippen molar-refractivity contribution in [3.63, 3.8) is 0 Å². The SMILES string of the molecule is CC#N.O=N[O-].[Cu+2].[O-][Cl+3]([O-])([O-])[O-].[O-][Cl+3]([O-])([O-])[O-].c1cc2cc(c1)OCC[NH+]1CCOc3cccc(c3)CNCCN(CCNC2)CCNCc2cccc(c2)OCC1. The molecule has 3 aliphatic rings. The number of quaternary nitrogens is 1. The standard InChI is InChI=1S/C33H45N5O3.C2H3N.2ClHO4.Cu.HNO2/c1-4-28-22-31(7-1)39-19-16-38-17-20-40-32-8-2-5-29(23-32)26-35-11-14-37(13-10-34-25-28)15-12-36-27-30-6-3-9-33(24-30)41-21-18-38;1-2-3;2*2-1(3,4)5;;2-1-3/h1-9,22-24,34-36H,10-21,25-27H2;1H3;2*(H,2,3,4,5);;(H,2,3)/q;;;;+2;/p-2. The van der Waals surface area contributed by atoms with Crippen molar-refractivity contribution in [2.75, 3.05) is 78.7 Å². The maximum atomic E-state index is 8.49. The average molecular weight is 910 g/mol. The number of nitriles is 1. The minimum Gasteiger partial charge on any atom is -0.488 e. The number of hydrogen-bond acceptors (Lipinski definition) is 19. The Hall–Kier alpha value is -3.47. The zero-order chi connectivity index (χ0) is 42.4. The second kappa shape index (κ2) is 32.4. The number of fused-ring (bicyclic) bond motifs is 15. The first kappa shape index (κ1) is 54.5. The Morgan fingerprint density at radius 3 is 1.16 bits per heavy atom. The second-order valence-corrected chi connectivity index (χ2v) is 13.4. The van der Waals surface area contributed by atoms with Crippen LogP contribution in [-0.4, -0.2) is 83.6 Å². The van der Waals surface area contributed by atoms with Gasteiger partial charge in [-0.05, 0) is 53.1 Å². The van der Waals surface area contributed by atoms with Crippen LogP contribution in [0.4, 0.5) is 0 Å². The van der Waals surface area contributed by atoms with E-state index in [1.807, 2.05) is 18.2 Å². The van der Waals surface area contributed by atoms with Gasteiger partial charge in [0.25, 0.3) is 0 Å². The van der Waals surface area contributed by atoms with Gasteiger partial charge in [-0.1, -0.05) is 36.4 Å². The van der Waals surface area contributed by atoms with E-state index in [4.69, 9.17) is 66.9 Å². The van der Waals surface area contributed by atoms with E-state index in [-0.39, 0.29) is 17.1 Å². The summed E-state index contributed by atoms with van der Waals surface area (Å²) in [5, 5.41) is 27.2. The van der Waals surface area contributed by atoms with Gasteiger partial charge in [-0.25, -0.2) is 37.3 Å². The van der Waals surface area contributed by atoms with Crippen molar-refractivity contribution in [3.8, 4) is 23.3 Å². The average Bonchev–Trinajstić information content (AvgIpc) is 3.12. The molecule has 3 aromatic carbocycles. The van der Waals surface area contributed by atoms with Crippen molar-refractivity contribution >= 4 is 0 Å². The first-order valence-electron chi connectivity index (χ1n) is 17.5. The quantitative estimate of drug-likeness (QED) is 0.0925. The van der Waals surface area contributed by atoms with Crippen LogP contribution in [-0.2, 0) is 36.7 Å². The van der Waals surface area contributed by atoms with Crippen LogP contribution in [0.15, 0.2) is 78.1 Å². The molecule has 6 rings (SSSR count). The van der Waals surface area contributed by atoms with E-state index in [0.29, 0.717) is 19.8 Å². The number of nitrogens with zero attached hydrogens (tertiary/aromatic N) is 3. The summed E-state index contributed by atoms with van der Waals surface area (Å²) in [5.74, 6) is 2.77. The van der Waals surface area contributed by atoms with Gasteiger partial charge in [-0.3, -0.25) is 4.90 Å². The maximum absolute atomic E-state index is 8.49. The third-order valence-electron chi connectivity index (χ3n) is 7.67. The Kier molecular flexibility index (Phi) is 30.5. The summed E-state index contributed by atoms with van der Waals surface area (Å²) >= 11 is 0. The predicted molar refractivity (Wildman–Crippen MR) is 183 cm³/mol. The number of hydrogen-bond donors (Lipinski definition) is 4. The van der Waals surface area contributed by atoms with Crippen LogP contribution in [0.3, 0.4) is 0 Å². The van der Waals surface area contributed by atoms with Crippen molar-refractivity contribution in [3.05, 3.63) is 99.6 Å². The zero-order valence-corrected chi connectivity index (χ0v) is 34.2. The molecule has 4 N–H and O–H groups in total. The summed E-state index contributed by atoms with van der Waals surface area (Å²) in [4.78, 5) is 11.9. The van der Waals surface area contributed by atoms with Gasteiger partial charge < -0.3 is 45.2 Å². The van der Waals surface area contributed by atoms with Gasteiger partial charge in [0.1, 0.15) is 56.7 Å². The molecule has 1 radical (unpaired) electrons. The molecule has 20 nitrogen and oxygen atoms in total. The van der Waals surface area contributed by atoms with E-state index in [9.17, 15) is 0 Å². The normalized spacial score (nSPS) is 17.9. The Morgan fingerprint density at radius 1 is 0.638 bits per heavy atom. The molecule has 8 bridgehead atoms. The molecular formula is C35H49Cl2CuN7O13. The zero-order valence-electron chi connectivity index (χ0n) is 31.7. The summed E-state index contributed by atoms with van der Waals surface area (Å²) in [6, 6.07) is 27.1. The Morgan fingerprint density at radius 2 is 0.897 bits per heavy atom. The number of halogens is 2. The van der Waals surface area contributed by atoms with Crippen LogP contribution in [0.2, 0.25) is 0 Å². The summed E-state index contributed by atoms with van der Waals surface area (Å²) in [7, 11) is -9.89. The van der Waals surface area contributed by atoms with Crippen LogP contribution in [0.25, 0.3) is 0 Å². The van der Waals surface area contributed by atoms with E-state index in [1.54, 1.807) is 6.07 Å². The van der Waals surface area contributed by atoms with Crippen molar-refractivity contribution in [1.82, 2.24) is 20.9 Å². The Labute approximate surface area is 352 Å². The van der Waals surface area contributed by atoms with Crippen LogP contribution < -0.4 is 72.3 Å². The molecule has 23 heteroatoms. The number of rotatable bonds is 0. The summed E-state index contributed by atoms with van der Waals surface area (Å²) in [6.45, 7) is 14.3. The van der Waals surface area contributed by atoms with Crippen molar-refractivity contribution < 1.29 is 93.9 Å². The van der Waals surface area contributed by atoms with E-state index in [0.717, 1.165) is 101 Å². The van der Waals surface area contributed by atoms with Gasteiger partial charge >= 0.3 is 17.1 Å². The summed E-state index contributed by atoms with van der Waals surface area (Å²) in [6.07, 6.45) is 0. The molecule has 0 spiro atoms. The molecule has 3 aromatic rings. The Bertz CT molecular complexity index is 1390. The summed E-state index contributed by atoms with van der Waals surface area (Å²) < 4.78 is 86.6. The smallest absolute Gasteiger partial charge is 0.488 e. The number of nitrogens with one attached hydrogen (secondary N) is 4. The van der Waals surface area contributed by atoms with Crippen molar-refractivity contribution in [1.29, 1.82) is 5.26 Å². The Balaban J connectivity index is 0.00000164. The van der Waals surface area contributed by atoms with E-state index in [1.165, 1.54) is 28.5 Å². The number of ether oxygens (including phenoxy) is 3. The van der Waals surface area contributed by atoms with Crippen LogP contribution >= 0.6 is 0 Å². The predicted octanol–water partition coefficient (Wildman–Crippen LogP) is -7.03. The summed E-state index contributed by atoms with van der Waals surface area (Å²) in [5.41, 5.74) is 3.74. The van der Waals surface area contributed by atoms with E-state index < -0.39 is 20.5 Å². The maximum Gasteiger partial charge on any atom is 2.00 e. The largest absolute Gasteiger partial charge is 2.00 e. The monoisotopic (exact) mass is 908 g/mol. The molecule has 0 aliphatic carbocycles. The van der Waals surface area contributed by atoms with Gasteiger partial charge in [-0.2, -0.15) is 5.26 Å². The first-order chi connectivity index (χ1) is 27.1. The molecule has 0 saturated carbocycles. The molecule has 3 aliphatic heterocycles. The molecule has 0 atom stereocenters. The molecule has 3 heterocycles. The second-order valence-electron chi connectivity index (χ2n) is 11.9. The van der Waals surface area contributed by atoms with Gasteiger partial charge in [0.2, 0.25) is 0 Å². The fraction of sp³-hybridized carbons (Fsp3) is 0.457. The van der Waals surface area contributed by atoms with Crippen LogP contribution in [0.5, 0.6) is 17.2 Å². The molecule has 58 heavy (non-hydrogen) atoms. The molecule has 0 fully saturated rings. The van der Waals surface area contributed by atoms with Gasteiger partial charge in [0.05, 0.1) is 6.07 Å². The fourth-order valence-electron chi connectivity index (χ4n) is 5.30. The first-order valence-corrected chi connectivity index (χ1v) is 19.9. The van der Waals surface area contributed by atoms with Gasteiger partial charge in [0.15, 0.2) is 0 Å². The third-order valence-corrected chi connectivity index (χ3v) is 7.67. The van der Waals surface area contributed by atoms with Crippen LogP contribution in [0, 0.1) is 41.9 Å². The molecule has 0 saturated heterocycles. The molecule has 0 unspecified atom stereocenters. The fourth-order valence-corrected chi connectivity index (χ4v) is 5.30.